The second-order valence-corrected chi connectivity index (χ2v) is 5.41. The van der Waals surface area contributed by atoms with Gasteiger partial charge in [-0.15, -0.1) is 0 Å². The summed E-state index contributed by atoms with van der Waals surface area (Å²) >= 11 is 5.83. The second-order valence-electron chi connectivity index (χ2n) is 5.00. The average Bonchev–Trinajstić information content (AvgIpc) is 2.62. The van der Waals surface area contributed by atoms with Gasteiger partial charge in [0.1, 0.15) is 0 Å². The number of nitrogens with two attached hydrogens (primary N) is 1. The average molecular weight is 362 g/mol. The van der Waals surface area contributed by atoms with Crippen molar-refractivity contribution >= 4 is 35.2 Å². The van der Waals surface area contributed by atoms with Crippen LogP contribution in [0.3, 0.4) is 0 Å². The maximum atomic E-state index is 12.4. The normalized spacial score (nSPS) is 11.3. The molecule has 0 aliphatic carbocycles. The van der Waals surface area contributed by atoms with Crippen LogP contribution in [0.15, 0.2) is 48.5 Å². The maximum absolute atomic E-state index is 12.4. The van der Waals surface area contributed by atoms with Crippen LogP contribution in [0.5, 0.6) is 0 Å². The van der Waals surface area contributed by atoms with E-state index in [1.54, 1.807) is 30.3 Å². The number of rotatable bonds is 4. The number of esters is 1. The van der Waals surface area contributed by atoms with Gasteiger partial charge in [0.2, 0.25) is 6.10 Å². The van der Waals surface area contributed by atoms with Gasteiger partial charge < -0.3 is 15.8 Å². The minimum atomic E-state index is -1.30. The molecule has 0 saturated carbocycles. The predicted molar refractivity (Wildman–Crippen MR) is 93.1 cm³/mol. The van der Waals surface area contributed by atoms with Gasteiger partial charge in [-0.25, -0.2) is 9.59 Å². The second kappa shape index (κ2) is 8.16. The number of hydrogen-bond donors (Lipinski definition) is 3. The molecular weight excluding hydrogens is 346 g/mol. The van der Waals surface area contributed by atoms with E-state index in [9.17, 15) is 14.4 Å². The summed E-state index contributed by atoms with van der Waals surface area (Å²) in [6, 6.07) is 11.9. The molecule has 1 atom stereocenters. The van der Waals surface area contributed by atoms with Crippen molar-refractivity contribution in [1.29, 1.82) is 0 Å². The van der Waals surface area contributed by atoms with E-state index in [1.165, 1.54) is 25.2 Å². The number of carbonyl (C=O) groups excluding carboxylic acids is 3. The molecule has 0 unspecified atom stereocenters. The summed E-state index contributed by atoms with van der Waals surface area (Å²) in [6.07, 6.45) is -1.30. The van der Waals surface area contributed by atoms with Crippen molar-refractivity contribution in [3.05, 3.63) is 64.7 Å². The van der Waals surface area contributed by atoms with E-state index in [2.05, 4.69) is 10.6 Å². The van der Waals surface area contributed by atoms with Gasteiger partial charge in [0.25, 0.3) is 5.91 Å². The Bertz CT molecular complexity index is 796. The Balaban J connectivity index is 2.26. The SMILES string of the molecule is CNC(=O)NC(=O)[C@@H](OC(=O)c1ccc(Cl)c(N)c1)c1ccccc1. The molecule has 0 saturated heterocycles. The monoisotopic (exact) mass is 361 g/mol. The van der Waals surface area contributed by atoms with Gasteiger partial charge in [-0.05, 0) is 18.2 Å². The van der Waals surface area contributed by atoms with Crippen molar-refractivity contribution in [2.75, 3.05) is 12.8 Å². The molecule has 4 N–H and O–H groups in total. The summed E-state index contributed by atoms with van der Waals surface area (Å²) in [6.45, 7) is 0. The standard InChI is InChI=1S/C17H16ClN3O4/c1-20-17(24)21-15(22)14(10-5-3-2-4-6-10)25-16(23)11-7-8-12(18)13(19)9-11/h2-9,14H,19H2,1H3,(H2,20,21,22,24)/t14-/m0/s1. The number of nitrogen functional groups attached to an aromatic ring is 1. The lowest BCUT2D eigenvalue weighted by atomic mass is 10.1. The lowest BCUT2D eigenvalue weighted by Crippen LogP contribution is -2.41. The van der Waals surface area contributed by atoms with E-state index >= 15 is 0 Å². The summed E-state index contributed by atoms with van der Waals surface area (Å²) in [5, 5.41) is 4.65. The molecule has 2 aromatic rings. The van der Waals surface area contributed by atoms with Crippen molar-refractivity contribution in [3.8, 4) is 0 Å². The molecule has 0 aromatic heterocycles. The van der Waals surface area contributed by atoms with Crippen molar-refractivity contribution in [1.82, 2.24) is 10.6 Å². The fourth-order valence-electron chi connectivity index (χ4n) is 1.99. The number of benzene rings is 2. The van der Waals surface area contributed by atoms with Crippen LogP contribution < -0.4 is 16.4 Å². The number of anilines is 1. The summed E-state index contributed by atoms with van der Waals surface area (Å²) in [4.78, 5) is 36.0. The Labute approximate surface area is 149 Å². The highest BCUT2D eigenvalue weighted by Crippen LogP contribution is 2.23. The zero-order chi connectivity index (χ0) is 18.4. The molecule has 8 heteroatoms. The molecule has 25 heavy (non-hydrogen) atoms. The molecule has 7 nitrogen and oxygen atoms in total. The number of imide groups is 1. The minimum Gasteiger partial charge on any atom is -0.444 e. The van der Waals surface area contributed by atoms with Crippen LogP contribution in [0.25, 0.3) is 0 Å². The third-order valence-corrected chi connectivity index (χ3v) is 3.61. The molecule has 0 bridgehead atoms. The first-order chi connectivity index (χ1) is 11.9. The van der Waals surface area contributed by atoms with Crippen molar-refractivity contribution in [3.63, 3.8) is 0 Å². The molecule has 3 amide bonds. The third-order valence-electron chi connectivity index (χ3n) is 3.26. The first-order valence-corrected chi connectivity index (χ1v) is 7.63. The van der Waals surface area contributed by atoms with Crippen LogP contribution in [-0.4, -0.2) is 25.0 Å². The zero-order valence-electron chi connectivity index (χ0n) is 13.3. The third kappa shape index (κ3) is 4.71. The van der Waals surface area contributed by atoms with Crippen LogP contribution in [0.1, 0.15) is 22.0 Å². The highest BCUT2D eigenvalue weighted by atomic mass is 35.5. The zero-order valence-corrected chi connectivity index (χ0v) is 14.0. The summed E-state index contributed by atoms with van der Waals surface area (Å²) in [7, 11) is 1.36. The quantitative estimate of drug-likeness (QED) is 0.571. The smallest absolute Gasteiger partial charge is 0.339 e. The molecule has 0 fully saturated rings. The van der Waals surface area contributed by atoms with E-state index in [0.717, 1.165) is 0 Å². The Morgan fingerprint density at radius 3 is 2.40 bits per heavy atom. The molecule has 0 spiro atoms. The molecule has 0 radical (unpaired) electrons. The lowest BCUT2D eigenvalue weighted by molar-refractivity contribution is -0.129. The number of ether oxygens (including phenoxy) is 1. The van der Waals surface area contributed by atoms with E-state index in [-0.39, 0.29) is 11.3 Å². The highest BCUT2D eigenvalue weighted by Gasteiger charge is 2.27. The number of amides is 3. The number of carbonyl (C=O) groups is 3. The van der Waals surface area contributed by atoms with Gasteiger partial charge in [-0.3, -0.25) is 10.1 Å². The van der Waals surface area contributed by atoms with E-state index in [1.807, 2.05) is 0 Å². The van der Waals surface area contributed by atoms with Crippen molar-refractivity contribution < 1.29 is 19.1 Å². The Hall–Kier alpha value is -3.06. The van der Waals surface area contributed by atoms with E-state index in [0.29, 0.717) is 10.6 Å². The fraction of sp³-hybridized carbons (Fsp3) is 0.118. The molecular formula is C17H16ClN3O4. The highest BCUT2D eigenvalue weighted by molar-refractivity contribution is 6.33. The minimum absolute atomic E-state index is 0.135. The maximum Gasteiger partial charge on any atom is 0.339 e. The first-order valence-electron chi connectivity index (χ1n) is 7.26. The van der Waals surface area contributed by atoms with Crippen LogP contribution in [0, 0.1) is 0 Å². The topological polar surface area (TPSA) is 111 Å². The molecule has 0 aliphatic rings. The fourth-order valence-corrected chi connectivity index (χ4v) is 2.10. The number of hydrogen-bond acceptors (Lipinski definition) is 5. The summed E-state index contributed by atoms with van der Waals surface area (Å²) in [5.41, 5.74) is 6.43. The molecule has 2 rings (SSSR count). The Morgan fingerprint density at radius 1 is 1.12 bits per heavy atom. The van der Waals surface area contributed by atoms with Gasteiger partial charge >= 0.3 is 12.0 Å². The Kier molecular flexibility index (Phi) is 5.97. The van der Waals surface area contributed by atoms with E-state index < -0.39 is 24.0 Å². The molecule has 0 aliphatic heterocycles. The van der Waals surface area contributed by atoms with Crippen LogP contribution in [0.2, 0.25) is 5.02 Å². The first kappa shape index (κ1) is 18.3. The number of halogens is 1. The summed E-state index contributed by atoms with van der Waals surface area (Å²) in [5.74, 6) is -1.55. The van der Waals surface area contributed by atoms with Crippen LogP contribution in [0.4, 0.5) is 10.5 Å². The van der Waals surface area contributed by atoms with Crippen LogP contribution in [-0.2, 0) is 9.53 Å². The molecule has 2 aromatic carbocycles. The van der Waals surface area contributed by atoms with Gasteiger partial charge in [0.05, 0.1) is 16.3 Å². The number of nitrogens with one attached hydrogen (secondary N) is 2. The molecule has 0 heterocycles. The van der Waals surface area contributed by atoms with Crippen molar-refractivity contribution in [2.45, 2.75) is 6.10 Å². The molecule has 130 valence electrons. The largest absolute Gasteiger partial charge is 0.444 e. The van der Waals surface area contributed by atoms with Crippen molar-refractivity contribution in [2.24, 2.45) is 0 Å². The van der Waals surface area contributed by atoms with Gasteiger partial charge in [0.15, 0.2) is 0 Å². The van der Waals surface area contributed by atoms with Gasteiger partial charge in [0, 0.05) is 12.6 Å². The lowest BCUT2D eigenvalue weighted by Gasteiger charge is -2.17. The van der Waals surface area contributed by atoms with Gasteiger partial charge in [-0.2, -0.15) is 0 Å². The Morgan fingerprint density at radius 2 is 1.80 bits per heavy atom. The van der Waals surface area contributed by atoms with Crippen LogP contribution >= 0.6 is 11.6 Å². The summed E-state index contributed by atoms with van der Waals surface area (Å²) < 4.78 is 5.30. The van der Waals surface area contributed by atoms with Gasteiger partial charge in [-0.1, -0.05) is 41.9 Å². The van der Waals surface area contributed by atoms with E-state index in [4.69, 9.17) is 22.1 Å². The predicted octanol–water partition coefficient (Wildman–Crippen LogP) is 2.28. The number of urea groups is 1.